The van der Waals surface area contributed by atoms with Crippen LogP contribution in [0, 0.1) is 0 Å². The van der Waals surface area contributed by atoms with Gasteiger partial charge in [-0.2, -0.15) is 0 Å². The van der Waals surface area contributed by atoms with E-state index < -0.39 is 12.1 Å². The molecule has 226 valence electrons. The molecule has 0 bridgehead atoms. The van der Waals surface area contributed by atoms with Crippen LogP contribution in [0.15, 0.2) is 48.5 Å². The summed E-state index contributed by atoms with van der Waals surface area (Å²) in [4.78, 5) is 22.5. The summed E-state index contributed by atoms with van der Waals surface area (Å²) in [6.07, 6.45) is -0.465. The molecule has 2 aromatic carbocycles. The number of carboxylic acids is 1. The minimum Gasteiger partial charge on any atom is -0.481 e. The van der Waals surface area contributed by atoms with Crippen molar-refractivity contribution in [2.24, 2.45) is 0 Å². The van der Waals surface area contributed by atoms with Crippen LogP contribution < -0.4 is 5.32 Å². The molecule has 1 aliphatic rings. The third-order valence-corrected chi connectivity index (χ3v) is 6.18. The molecule has 0 spiro atoms. The Balaban J connectivity index is 1.06. The summed E-state index contributed by atoms with van der Waals surface area (Å²) in [6, 6.07) is 16.5. The predicted octanol–water partition coefficient (Wildman–Crippen LogP) is 3.10. The fourth-order valence-corrected chi connectivity index (χ4v) is 4.24. The molecule has 0 aromatic heterocycles. The molecule has 0 fully saturated rings. The molecular weight excluding hydrogens is 534 g/mol. The smallest absolute Gasteiger partial charge is 0.407 e. The van der Waals surface area contributed by atoms with Gasteiger partial charge in [-0.3, -0.25) is 4.79 Å². The summed E-state index contributed by atoms with van der Waals surface area (Å²) in [5.74, 6) is -0.842. The summed E-state index contributed by atoms with van der Waals surface area (Å²) in [6.45, 7) is 5.50. The van der Waals surface area contributed by atoms with Crippen LogP contribution in [0.4, 0.5) is 4.79 Å². The van der Waals surface area contributed by atoms with Crippen LogP contribution in [0.5, 0.6) is 0 Å². The number of hydrogen-bond acceptors (Lipinski definition) is 9. The zero-order valence-corrected chi connectivity index (χ0v) is 23.4. The minimum atomic E-state index is -0.878. The van der Waals surface area contributed by atoms with Crippen molar-refractivity contribution in [3.63, 3.8) is 0 Å². The van der Waals surface area contributed by atoms with E-state index in [0.717, 1.165) is 0 Å². The van der Waals surface area contributed by atoms with E-state index in [1.54, 1.807) is 0 Å². The number of aliphatic carboxylic acids is 1. The average Bonchev–Trinajstić information content (AvgIpc) is 3.30. The number of nitrogens with one attached hydrogen (secondary N) is 1. The topological polar surface area (TPSA) is 131 Å². The highest BCUT2D eigenvalue weighted by Gasteiger charge is 2.28. The Hall–Kier alpha value is -3.06. The number of ether oxygens (including phenoxy) is 7. The number of carbonyl (C=O) groups is 2. The number of carboxylic acid groups (broad SMARTS) is 1. The normalized spacial score (nSPS) is 12.2. The lowest BCUT2D eigenvalue weighted by atomic mass is 9.98. The van der Waals surface area contributed by atoms with Gasteiger partial charge in [-0.05, 0) is 22.3 Å². The molecule has 1 aliphatic carbocycles. The zero-order valence-electron chi connectivity index (χ0n) is 23.4. The summed E-state index contributed by atoms with van der Waals surface area (Å²) in [7, 11) is 0. The molecular formula is C30H41NO10. The summed E-state index contributed by atoms with van der Waals surface area (Å²) in [5, 5.41) is 11.2. The second-order valence-corrected chi connectivity index (χ2v) is 9.07. The van der Waals surface area contributed by atoms with Gasteiger partial charge in [0.2, 0.25) is 0 Å². The second kappa shape index (κ2) is 19.9. The Morgan fingerprint density at radius 3 is 1.49 bits per heavy atom. The number of fused-ring (bicyclic) bond motifs is 3. The lowest BCUT2D eigenvalue weighted by Crippen LogP contribution is -2.29. The highest BCUT2D eigenvalue weighted by molar-refractivity contribution is 5.79. The maximum absolute atomic E-state index is 12.2. The van der Waals surface area contributed by atoms with Gasteiger partial charge in [0.1, 0.15) is 6.61 Å². The van der Waals surface area contributed by atoms with Crippen LogP contribution in [0.1, 0.15) is 23.5 Å². The number of carbonyl (C=O) groups excluding carboxylic acids is 1. The molecule has 0 unspecified atom stereocenters. The first kappa shape index (κ1) is 32.5. The van der Waals surface area contributed by atoms with Crippen molar-refractivity contribution in [3.05, 3.63) is 59.7 Å². The van der Waals surface area contributed by atoms with Crippen molar-refractivity contribution in [2.45, 2.75) is 12.3 Å². The Morgan fingerprint density at radius 1 is 0.610 bits per heavy atom. The molecule has 11 nitrogen and oxygen atoms in total. The lowest BCUT2D eigenvalue weighted by molar-refractivity contribution is -0.138. The molecule has 41 heavy (non-hydrogen) atoms. The first-order valence-electron chi connectivity index (χ1n) is 13.9. The van der Waals surface area contributed by atoms with Crippen molar-refractivity contribution in [1.29, 1.82) is 0 Å². The molecule has 2 aromatic rings. The third kappa shape index (κ3) is 12.6. The summed E-state index contributed by atoms with van der Waals surface area (Å²) in [5.41, 5.74) is 4.76. The van der Waals surface area contributed by atoms with E-state index in [1.807, 2.05) is 24.3 Å². The number of hydrogen-bond donors (Lipinski definition) is 2. The fourth-order valence-electron chi connectivity index (χ4n) is 4.24. The Bertz CT molecular complexity index is 988. The molecule has 3 rings (SSSR count). The van der Waals surface area contributed by atoms with E-state index in [1.165, 1.54) is 22.3 Å². The van der Waals surface area contributed by atoms with Gasteiger partial charge in [-0.25, -0.2) is 4.79 Å². The van der Waals surface area contributed by atoms with Gasteiger partial charge in [-0.15, -0.1) is 0 Å². The van der Waals surface area contributed by atoms with Crippen LogP contribution in [-0.2, 0) is 38.0 Å². The molecule has 0 saturated carbocycles. The molecule has 0 heterocycles. The average molecular weight is 576 g/mol. The van der Waals surface area contributed by atoms with Crippen LogP contribution in [0.2, 0.25) is 0 Å². The monoisotopic (exact) mass is 575 g/mol. The maximum Gasteiger partial charge on any atom is 0.407 e. The van der Waals surface area contributed by atoms with Crippen LogP contribution in [0.25, 0.3) is 11.1 Å². The minimum absolute atomic E-state index is 0.00678. The second-order valence-electron chi connectivity index (χ2n) is 9.07. The van der Waals surface area contributed by atoms with E-state index in [2.05, 4.69) is 29.6 Å². The van der Waals surface area contributed by atoms with Crippen LogP contribution in [-0.4, -0.2) is 110 Å². The maximum atomic E-state index is 12.2. The highest BCUT2D eigenvalue weighted by Crippen LogP contribution is 2.44. The third-order valence-electron chi connectivity index (χ3n) is 6.18. The number of benzene rings is 2. The molecule has 11 heteroatoms. The molecule has 0 radical (unpaired) electrons. The SMILES string of the molecule is O=C(O)CCOCCOCCOCCOCCOCCOCCNC(=O)OCC1c2ccccc2-c2ccccc21. The predicted molar refractivity (Wildman–Crippen MR) is 150 cm³/mol. The van der Waals surface area contributed by atoms with Gasteiger partial charge >= 0.3 is 12.1 Å². The molecule has 2 N–H and O–H groups in total. The molecule has 0 atom stereocenters. The van der Waals surface area contributed by atoms with Crippen molar-refractivity contribution >= 4 is 12.1 Å². The first-order valence-corrected chi connectivity index (χ1v) is 13.9. The quantitative estimate of drug-likeness (QED) is 0.191. The van der Waals surface area contributed by atoms with Gasteiger partial charge in [-0.1, -0.05) is 48.5 Å². The van der Waals surface area contributed by atoms with Crippen LogP contribution in [0.3, 0.4) is 0 Å². The largest absolute Gasteiger partial charge is 0.481 e. The summed E-state index contributed by atoms with van der Waals surface area (Å²) >= 11 is 0. The van der Waals surface area contributed by atoms with E-state index in [0.29, 0.717) is 79.2 Å². The Kier molecular flexibility index (Phi) is 15.8. The van der Waals surface area contributed by atoms with Crippen molar-refractivity contribution in [2.75, 3.05) is 92.4 Å². The van der Waals surface area contributed by atoms with Gasteiger partial charge in [0.05, 0.1) is 85.7 Å². The standard InChI is InChI=1S/C30H41NO10/c32-29(33)9-11-35-13-15-37-17-19-39-21-22-40-20-18-38-16-14-36-12-10-31-30(34)41-23-28-26-7-3-1-5-24(26)25-6-2-4-8-27(25)28/h1-8,28H,9-23H2,(H,31,34)(H,32,33). The van der Waals surface area contributed by atoms with Crippen molar-refractivity contribution in [1.82, 2.24) is 5.32 Å². The van der Waals surface area contributed by atoms with E-state index in [-0.39, 0.29) is 25.6 Å². The van der Waals surface area contributed by atoms with Crippen molar-refractivity contribution < 1.29 is 47.9 Å². The number of amides is 1. The molecule has 0 aliphatic heterocycles. The van der Waals surface area contributed by atoms with Crippen LogP contribution >= 0.6 is 0 Å². The van der Waals surface area contributed by atoms with Gasteiger partial charge in [0.15, 0.2) is 0 Å². The van der Waals surface area contributed by atoms with Gasteiger partial charge in [0, 0.05) is 12.5 Å². The molecule has 0 saturated heterocycles. The van der Waals surface area contributed by atoms with E-state index in [9.17, 15) is 9.59 Å². The first-order chi connectivity index (χ1) is 20.2. The molecule has 1 amide bonds. The fraction of sp³-hybridized carbons (Fsp3) is 0.533. The zero-order chi connectivity index (χ0) is 29.0. The van der Waals surface area contributed by atoms with Crippen molar-refractivity contribution in [3.8, 4) is 11.1 Å². The Labute approximate surface area is 241 Å². The van der Waals surface area contributed by atoms with Gasteiger partial charge in [0.25, 0.3) is 0 Å². The number of rotatable bonds is 23. The number of alkyl carbamates (subject to hydrolysis) is 1. The summed E-state index contributed by atoms with van der Waals surface area (Å²) < 4.78 is 37.7. The lowest BCUT2D eigenvalue weighted by Gasteiger charge is -2.14. The Morgan fingerprint density at radius 2 is 1.02 bits per heavy atom. The van der Waals surface area contributed by atoms with E-state index in [4.69, 9.17) is 38.3 Å². The van der Waals surface area contributed by atoms with E-state index >= 15 is 0 Å². The highest BCUT2D eigenvalue weighted by atomic mass is 16.6. The van der Waals surface area contributed by atoms with Gasteiger partial charge < -0.3 is 43.6 Å².